The molecule has 0 aliphatic heterocycles. The number of rotatable bonds is 3. The lowest BCUT2D eigenvalue weighted by Gasteiger charge is -2.35. The predicted molar refractivity (Wildman–Crippen MR) is 59.4 cm³/mol. The van der Waals surface area contributed by atoms with Crippen LogP contribution in [0, 0.1) is 17.3 Å². The van der Waals surface area contributed by atoms with Gasteiger partial charge in [-0.2, -0.15) is 0 Å². The van der Waals surface area contributed by atoms with Crippen molar-refractivity contribution in [3.8, 4) is 0 Å². The molecular formula is C13H22O2. The molecule has 0 aromatic rings. The summed E-state index contributed by atoms with van der Waals surface area (Å²) < 4.78 is 5.44. The van der Waals surface area contributed by atoms with Gasteiger partial charge in [-0.25, -0.2) is 0 Å². The van der Waals surface area contributed by atoms with Crippen molar-refractivity contribution in [3.63, 3.8) is 0 Å². The van der Waals surface area contributed by atoms with Gasteiger partial charge in [0.1, 0.15) is 0 Å². The highest BCUT2D eigenvalue weighted by atomic mass is 16.5. The van der Waals surface area contributed by atoms with Gasteiger partial charge in [0.25, 0.3) is 0 Å². The number of carbonyl (C=O) groups excluding carboxylic acids is 1. The van der Waals surface area contributed by atoms with Crippen LogP contribution in [0.25, 0.3) is 0 Å². The first-order valence-corrected chi connectivity index (χ1v) is 6.29. The van der Waals surface area contributed by atoms with E-state index in [2.05, 4.69) is 6.92 Å². The molecule has 2 nitrogen and oxygen atoms in total. The van der Waals surface area contributed by atoms with E-state index in [0.717, 1.165) is 18.8 Å². The highest BCUT2D eigenvalue weighted by Crippen LogP contribution is 2.58. The molecule has 2 bridgehead atoms. The van der Waals surface area contributed by atoms with E-state index in [1.165, 1.54) is 19.3 Å². The molecule has 0 saturated heterocycles. The number of esters is 1. The number of carbonyl (C=O) groups is 1. The minimum Gasteiger partial charge on any atom is -0.463 e. The molecule has 2 saturated carbocycles. The van der Waals surface area contributed by atoms with Crippen LogP contribution < -0.4 is 0 Å². The van der Waals surface area contributed by atoms with Crippen molar-refractivity contribution in [1.29, 1.82) is 0 Å². The second kappa shape index (κ2) is 3.80. The summed E-state index contributed by atoms with van der Waals surface area (Å²) >= 11 is 0. The Labute approximate surface area is 92.4 Å². The zero-order chi connectivity index (χ0) is 11.1. The summed E-state index contributed by atoms with van der Waals surface area (Å²) in [6.07, 6.45) is 5.91. The topological polar surface area (TPSA) is 26.3 Å². The van der Waals surface area contributed by atoms with Crippen LogP contribution in [0.15, 0.2) is 0 Å². The maximum absolute atomic E-state index is 12.2. The molecule has 2 aliphatic carbocycles. The third-order valence-electron chi connectivity index (χ3n) is 4.36. The van der Waals surface area contributed by atoms with Crippen molar-refractivity contribution >= 4 is 5.97 Å². The van der Waals surface area contributed by atoms with Gasteiger partial charge in [-0.05, 0) is 51.4 Å². The van der Waals surface area contributed by atoms with Crippen LogP contribution in [0.3, 0.4) is 0 Å². The average molecular weight is 210 g/mol. The van der Waals surface area contributed by atoms with Crippen molar-refractivity contribution < 1.29 is 9.53 Å². The molecule has 0 heterocycles. The van der Waals surface area contributed by atoms with Crippen LogP contribution in [0.4, 0.5) is 0 Å². The minimum absolute atomic E-state index is 0.0278. The van der Waals surface area contributed by atoms with Crippen molar-refractivity contribution in [2.75, 3.05) is 0 Å². The first-order valence-electron chi connectivity index (χ1n) is 6.29. The molecule has 2 aliphatic rings. The summed E-state index contributed by atoms with van der Waals surface area (Å²) in [4.78, 5) is 12.2. The minimum atomic E-state index is -0.118. The van der Waals surface area contributed by atoms with E-state index in [1.807, 2.05) is 13.8 Å². The maximum Gasteiger partial charge on any atom is 0.312 e. The Balaban J connectivity index is 2.12. The molecule has 0 spiro atoms. The third-order valence-corrected chi connectivity index (χ3v) is 4.36. The fourth-order valence-corrected chi connectivity index (χ4v) is 3.60. The molecule has 15 heavy (non-hydrogen) atoms. The van der Waals surface area contributed by atoms with Gasteiger partial charge >= 0.3 is 5.97 Å². The Hall–Kier alpha value is -0.530. The lowest BCUT2D eigenvalue weighted by atomic mass is 9.71. The smallest absolute Gasteiger partial charge is 0.312 e. The second-order valence-corrected chi connectivity index (χ2v) is 5.54. The lowest BCUT2D eigenvalue weighted by molar-refractivity contribution is -0.164. The average Bonchev–Trinajstić information content (AvgIpc) is 2.75. The molecule has 2 heteroatoms. The van der Waals surface area contributed by atoms with Gasteiger partial charge in [-0.1, -0.05) is 13.3 Å². The van der Waals surface area contributed by atoms with Crippen LogP contribution in [-0.2, 0) is 9.53 Å². The van der Waals surface area contributed by atoms with E-state index in [0.29, 0.717) is 5.92 Å². The Kier molecular flexibility index (Phi) is 2.78. The van der Waals surface area contributed by atoms with E-state index in [1.54, 1.807) is 0 Å². The van der Waals surface area contributed by atoms with Crippen molar-refractivity contribution in [3.05, 3.63) is 0 Å². The molecule has 0 radical (unpaired) electrons. The molecule has 2 fully saturated rings. The summed E-state index contributed by atoms with van der Waals surface area (Å²) in [5.74, 6) is 1.49. The van der Waals surface area contributed by atoms with Crippen LogP contribution in [-0.4, -0.2) is 12.1 Å². The molecule has 0 N–H and O–H groups in total. The van der Waals surface area contributed by atoms with Gasteiger partial charge < -0.3 is 4.74 Å². The van der Waals surface area contributed by atoms with Crippen LogP contribution in [0.1, 0.15) is 52.9 Å². The molecule has 0 aromatic heterocycles. The largest absolute Gasteiger partial charge is 0.463 e. The monoisotopic (exact) mass is 210 g/mol. The second-order valence-electron chi connectivity index (χ2n) is 5.54. The van der Waals surface area contributed by atoms with Crippen molar-refractivity contribution in [1.82, 2.24) is 0 Å². The quantitative estimate of drug-likeness (QED) is 0.669. The summed E-state index contributed by atoms with van der Waals surface area (Å²) in [7, 11) is 0. The zero-order valence-electron chi connectivity index (χ0n) is 10.1. The highest BCUT2D eigenvalue weighted by molar-refractivity contribution is 5.78. The fraction of sp³-hybridized carbons (Fsp3) is 0.923. The van der Waals surface area contributed by atoms with Gasteiger partial charge in [0.2, 0.25) is 0 Å². The lowest BCUT2D eigenvalue weighted by Crippen LogP contribution is -2.38. The number of ether oxygens (including phenoxy) is 1. The Bertz CT molecular complexity index is 259. The van der Waals surface area contributed by atoms with Gasteiger partial charge in [0.05, 0.1) is 11.5 Å². The van der Waals surface area contributed by atoms with E-state index in [9.17, 15) is 4.79 Å². The normalized spacial score (nSPS) is 38.7. The summed E-state index contributed by atoms with van der Waals surface area (Å²) in [5, 5.41) is 0. The van der Waals surface area contributed by atoms with Crippen molar-refractivity contribution in [2.45, 2.75) is 59.0 Å². The van der Waals surface area contributed by atoms with Crippen LogP contribution in [0.5, 0.6) is 0 Å². The molecule has 2 rings (SSSR count). The fourth-order valence-electron chi connectivity index (χ4n) is 3.60. The third kappa shape index (κ3) is 1.68. The predicted octanol–water partition coefficient (Wildman–Crippen LogP) is 3.15. The molecule has 86 valence electrons. The Morgan fingerprint density at radius 2 is 2.20 bits per heavy atom. The molecule has 0 unspecified atom stereocenters. The van der Waals surface area contributed by atoms with Gasteiger partial charge in [-0.15, -0.1) is 0 Å². The standard InChI is InChI=1S/C13H22O2/c1-4-13(12(14)15-9(2)3)8-10-5-6-11(13)7-10/h9-11H,4-8H2,1-3H3/t10-,11+,13+/m1/s1. The molecule has 0 amide bonds. The van der Waals surface area contributed by atoms with E-state index < -0.39 is 0 Å². The van der Waals surface area contributed by atoms with Gasteiger partial charge in [0, 0.05) is 0 Å². The van der Waals surface area contributed by atoms with Crippen LogP contribution in [0.2, 0.25) is 0 Å². The molecule has 0 aromatic carbocycles. The Morgan fingerprint density at radius 1 is 1.47 bits per heavy atom. The maximum atomic E-state index is 12.2. The molecular weight excluding hydrogens is 188 g/mol. The molecule has 3 atom stereocenters. The number of fused-ring (bicyclic) bond motifs is 2. The number of hydrogen-bond donors (Lipinski definition) is 0. The van der Waals surface area contributed by atoms with Crippen LogP contribution >= 0.6 is 0 Å². The highest BCUT2D eigenvalue weighted by Gasteiger charge is 2.55. The SMILES string of the molecule is CC[C@]1(C(=O)OC(C)C)C[C@@H]2CC[C@H]1C2. The Morgan fingerprint density at radius 3 is 2.60 bits per heavy atom. The summed E-state index contributed by atoms with van der Waals surface area (Å²) in [6, 6.07) is 0. The first-order chi connectivity index (χ1) is 7.08. The zero-order valence-corrected chi connectivity index (χ0v) is 10.1. The van der Waals surface area contributed by atoms with Gasteiger partial charge in [-0.3, -0.25) is 4.79 Å². The van der Waals surface area contributed by atoms with Gasteiger partial charge in [0.15, 0.2) is 0 Å². The summed E-state index contributed by atoms with van der Waals surface area (Å²) in [6.45, 7) is 6.02. The number of hydrogen-bond acceptors (Lipinski definition) is 2. The summed E-state index contributed by atoms with van der Waals surface area (Å²) in [5.41, 5.74) is -0.118. The van der Waals surface area contributed by atoms with E-state index in [4.69, 9.17) is 4.74 Å². The van der Waals surface area contributed by atoms with E-state index >= 15 is 0 Å². The first kappa shape index (κ1) is 11.0. The van der Waals surface area contributed by atoms with Crippen molar-refractivity contribution in [2.24, 2.45) is 17.3 Å². The van der Waals surface area contributed by atoms with E-state index in [-0.39, 0.29) is 17.5 Å².